The van der Waals surface area contributed by atoms with Gasteiger partial charge in [0.2, 0.25) is 0 Å². The van der Waals surface area contributed by atoms with Gasteiger partial charge in [0, 0.05) is 24.8 Å². The molecule has 0 aliphatic carbocycles. The van der Waals surface area contributed by atoms with E-state index in [0.717, 1.165) is 35.1 Å². The molecule has 1 fully saturated rings. The smallest absolute Gasteiger partial charge is 0.252 e. The van der Waals surface area contributed by atoms with Gasteiger partial charge in [0.15, 0.2) is 0 Å². The van der Waals surface area contributed by atoms with Crippen LogP contribution in [0.3, 0.4) is 0 Å². The summed E-state index contributed by atoms with van der Waals surface area (Å²) in [5, 5.41) is 3.72. The molecule has 0 spiro atoms. The molecule has 1 heterocycles. The van der Waals surface area contributed by atoms with E-state index < -0.39 is 11.4 Å². The lowest BCUT2D eigenvalue weighted by atomic mass is 9.81. The van der Waals surface area contributed by atoms with Crippen LogP contribution in [0.15, 0.2) is 60.7 Å². The maximum Gasteiger partial charge on any atom is 0.252 e. The van der Waals surface area contributed by atoms with Gasteiger partial charge in [0.25, 0.3) is 5.91 Å². The second-order valence-electron chi connectivity index (χ2n) is 9.12. The molecule has 35 heavy (non-hydrogen) atoms. The van der Waals surface area contributed by atoms with E-state index in [1.54, 1.807) is 0 Å². The van der Waals surface area contributed by atoms with Crippen LogP contribution < -0.4 is 10.1 Å². The van der Waals surface area contributed by atoms with Gasteiger partial charge in [-0.3, -0.25) is 4.79 Å². The van der Waals surface area contributed by atoms with Gasteiger partial charge in [-0.2, -0.15) is 0 Å². The highest BCUT2D eigenvalue weighted by Gasteiger charge is 2.36. The number of amides is 1. The number of aryl methyl sites for hydroxylation is 2. The molecule has 0 atom stereocenters. The molecule has 0 unspecified atom stereocenters. The van der Waals surface area contributed by atoms with E-state index in [-0.39, 0.29) is 18.3 Å². The van der Waals surface area contributed by atoms with E-state index in [0.29, 0.717) is 36.6 Å². The van der Waals surface area contributed by atoms with Gasteiger partial charge in [-0.25, -0.2) is 4.39 Å². The van der Waals surface area contributed by atoms with E-state index in [1.165, 1.54) is 18.2 Å². The summed E-state index contributed by atoms with van der Waals surface area (Å²) < 4.78 is 25.0. The Hall–Kier alpha value is -2.89. The summed E-state index contributed by atoms with van der Waals surface area (Å²) >= 11 is 6.14. The Morgan fingerprint density at radius 2 is 1.91 bits per heavy atom. The number of rotatable bonds is 8. The summed E-state index contributed by atoms with van der Waals surface area (Å²) in [4.78, 5) is 13.7. The summed E-state index contributed by atoms with van der Waals surface area (Å²) in [6.45, 7) is 5.52. The van der Waals surface area contributed by atoms with Crippen LogP contribution in [-0.4, -0.2) is 19.1 Å². The van der Waals surface area contributed by atoms with Crippen molar-refractivity contribution in [1.29, 1.82) is 0 Å². The maximum atomic E-state index is 13.7. The third-order valence-electron chi connectivity index (χ3n) is 6.50. The lowest BCUT2D eigenvalue weighted by Gasteiger charge is -2.39. The van der Waals surface area contributed by atoms with Crippen molar-refractivity contribution in [2.24, 2.45) is 0 Å². The van der Waals surface area contributed by atoms with Gasteiger partial charge in [-0.05, 0) is 61.1 Å². The molecule has 1 saturated heterocycles. The first kappa shape index (κ1) is 25.2. The van der Waals surface area contributed by atoms with Crippen molar-refractivity contribution in [2.75, 3.05) is 13.2 Å². The number of carbonyl (C=O) groups is 1. The molecule has 0 radical (unpaired) electrons. The molecular formula is C29H31ClFNO3. The normalized spacial score (nSPS) is 15.0. The lowest BCUT2D eigenvalue weighted by molar-refractivity contribution is 0.0345. The Morgan fingerprint density at radius 1 is 1.11 bits per heavy atom. The van der Waals surface area contributed by atoms with E-state index in [4.69, 9.17) is 21.1 Å². The second kappa shape index (κ2) is 11.2. The zero-order valence-corrected chi connectivity index (χ0v) is 21.0. The Morgan fingerprint density at radius 3 is 2.66 bits per heavy atom. The third kappa shape index (κ3) is 6.03. The second-order valence-corrected chi connectivity index (χ2v) is 9.53. The summed E-state index contributed by atoms with van der Waals surface area (Å²) in [5.41, 5.74) is 4.22. The topological polar surface area (TPSA) is 47.6 Å². The minimum atomic E-state index is -0.480. The predicted molar refractivity (Wildman–Crippen MR) is 137 cm³/mol. The zero-order chi connectivity index (χ0) is 24.8. The highest BCUT2D eigenvalue weighted by atomic mass is 35.5. The van der Waals surface area contributed by atoms with Gasteiger partial charge in [-0.15, -0.1) is 0 Å². The van der Waals surface area contributed by atoms with Crippen molar-refractivity contribution in [1.82, 2.24) is 5.32 Å². The molecule has 3 aromatic carbocycles. The number of nitrogens with one attached hydrogen (secondary N) is 1. The number of benzene rings is 3. The van der Waals surface area contributed by atoms with Crippen LogP contribution in [-0.2, 0) is 23.3 Å². The minimum absolute atomic E-state index is 0.109. The summed E-state index contributed by atoms with van der Waals surface area (Å²) in [6.07, 6.45) is 3.14. The third-order valence-corrected chi connectivity index (χ3v) is 6.81. The largest absolute Gasteiger partial charge is 0.487 e. The van der Waals surface area contributed by atoms with Crippen LogP contribution in [0.5, 0.6) is 5.75 Å². The molecule has 4 rings (SSSR count). The number of hydrogen-bond acceptors (Lipinski definition) is 3. The fourth-order valence-corrected chi connectivity index (χ4v) is 4.77. The summed E-state index contributed by atoms with van der Waals surface area (Å²) in [7, 11) is 0. The van der Waals surface area contributed by atoms with Crippen molar-refractivity contribution in [3.63, 3.8) is 0 Å². The Labute approximate surface area is 211 Å². The van der Waals surface area contributed by atoms with Crippen LogP contribution in [0.1, 0.15) is 58.8 Å². The van der Waals surface area contributed by atoms with Crippen molar-refractivity contribution >= 4 is 17.5 Å². The lowest BCUT2D eigenvalue weighted by Crippen LogP contribution is -2.49. The van der Waals surface area contributed by atoms with Gasteiger partial charge in [0.1, 0.15) is 18.2 Å². The summed E-state index contributed by atoms with van der Waals surface area (Å²) in [5.74, 6) is -0.251. The highest BCUT2D eigenvalue weighted by molar-refractivity contribution is 6.32. The average Bonchev–Trinajstić information content (AvgIpc) is 2.86. The van der Waals surface area contributed by atoms with Gasteiger partial charge >= 0.3 is 0 Å². The Bertz CT molecular complexity index is 1190. The van der Waals surface area contributed by atoms with Crippen LogP contribution in [0.25, 0.3) is 0 Å². The van der Waals surface area contributed by atoms with Crippen molar-refractivity contribution in [3.8, 4) is 5.75 Å². The van der Waals surface area contributed by atoms with E-state index in [2.05, 4.69) is 37.4 Å². The Balaban J connectivity index is 1.61. The SMILES string of the molecule is CCCc1ccc(COc2cc(F)ccc2Cl)cc1C(=O)NC1(c2cccc(C)c2)CCOCC1. The predicted octanol–water partition coefficient (Wildman–Crippen LogP) is 6.75. The average molecular weight is 496 g/mol. The number of carbonyl (C=O) groups excluding carboxylic acids is 1. The van der Waals surface area contributed by atoms with E-state index in [1.807, 2.05) is 24.3 Å². The molecule has 4 nitrogen and oxygen atoms in total. The monoisotopic (exact) mass is 495 g/mol. The fourth-order valence-electron chi connectivity index (χ4n) is 4.59. The van der Waals surface area contributed by atoms with E-state index in [9.17, 15) is 9.18 Å². The number of halogens is 2. The van der Waals surface area contributed by atoms with Crippen LogP contribution in [0.4, 0.5) is 4.39 Å². The van der Waals surface area contributed by atoms with Crippen LogP contribution in [0.2, 0.25) is 5.02 Å². The molecule has 1 aliphatic heterocycles. The quantitative estimate of drug-likeness (QED) is 0.376. The van der Waals surface area contributed by atoms with Crippen molar-refractivity contribution < 1.29 is 18.7 Å². The minimum Gasteiger partial charge on any atom is -0.487 e. The molecule has 0 aromatic heterocycles. The molecule has 1 aliphatic rings. The zero-order valence-electron chi connectivity index (χ0n) is 20.2. The van der Waals surface area contributed by atoms with Crippen LogP contribution >= 0.6 is 11.6 Å². The molecular weight excluding hydrogens is 465 g/mol. The molecule has 184 valence electrons. The molecule has 0 saturated carbocycles. The standard InChI is InChI=1S/C29H31ClFNO3/c1-3-5-22-9-8-21(19-35-27-18-24(31)10-11-26(27)30)17-25(22)28(33)32-29(12-14-34-15-13-29)23-7-4-6-20(2)16-23/h4,6-11,16-18H,3,5,12-15,19H2,1-2H3,(H,32,33). The number of hydrogen-bond donors (Lipinski definition) is 1. The highest BCUT2D eigenvalue weighted by Crippen LogP contribution is 2.33. The van der Waals surface area contributed by atoms with Crippen LogP contribution in [0, 0.1) is 12.7 Å². The Kier molecular flexibility index (Phi) is 8.09. The van der Waals surface area contributed by atoms with Gasteiger partial charge < -0.3 is 14.8 Å². The molecule has 6 heteroatoms. The molecule has 0 bridgehead atoms. The first-order chi connectivity index (χ1) is 16.9. The van der Waals surface area contributed by atoms with Crippen molar-refractivity contribution in [2.45, 2.75) is 51.7 Å². The molecule has 1 N–H and O–H groups in total. The maximum absolute atomic E-state index is 13.7. The molecule has 3 aromatic rings. The first-order valence-electron chi connectivity index (χ1n) is 12.1. The van der Waals surface area contributed by atoms with E-state index >= 15 is 0 Å². The fraction of sp³-hybridized carbons (Fsp3) is 0.345. The number of ether oxygens (including phenoxy) is 2. The summed E-state index contributed by atoms with van der Waals surface area (Å²) in [6, 6.07) is 18.1. The van der Waals surface area contributed by atoms with Crippen molar-refractivity contribution in [3.05, 3.63) is 99.3 Å². The first-order valence-corrected chi connectivity index (χ1v) is 12.4. The van der Waals surface area contributed by atoms with Gasteiger partial charge in [0.05, 0.1) is 10.6 Å². The molecule has 1 amide bonds. The van der Waals surface area contributed by atoms with Gasteiger partial charge in [-0.1, -0.05) is 66.9 Å².